The van der Waals surface area contributed by atoms with Gasteiger partial charge in [-0.05, 0) is 45.4 Å². The van der Waals surface area contributed by atoms with Crippen LogP contribution in [0.5, 0.6) is 0 Å². The molecule has 0 radical (unpaired) electrons. The fraction of sp³-hybridized carbons (Fsp3) is 0.923. The van der Waals surface area contributed by atoms with E-state index in [0.29, 0.717) is 13.0 Å². The number of hydrogen-bond acceptors (Lipinski definition) is 3. The van der Waals surface area contributed by atoms with Gasteiger partial charge in [0.1, 0.15) is 0 Å². The van der Waals surface area contributed by atoms with Crippen molar-refractivity contribution in [3.63, 3.8) is 0 Å². The molecule has 0 aromatic carbocycles. The number of rotatable bonds is 2. The lowest BCUT2D eigenvalue weighted by molar-refractivity contribution is -0.158. The van der Waals surface area contributed by atoms with Crippen LogP contribution in [0.1, 0.15) is 40.0 Å². The summed E-state index contributed by atoms with van der Waals surface area (Å²) < 4.78 is 18.8. The van der Waals surface area contributed by atoms with Crippen LogP contribution < -0.4 is 0 Å². The Kier molecular flexibility index (Phi) is 2.97. The van der Waals surface area contributed by atoms with E-state index in [0.717, 1.165) is 6.42 Å². The van der Waals surface area contributed by atoms with Crippen molar-refractivity contribution in [3.8, 4) is 0 Å². The van der Waals surface area contributed by atoms with E-state index in [-0.39, 0.29) is 30.1 Å². The molecule has 0 spiro atoms. The minimum atomic E-state index is -1.98. The molecule has 0 amide bonds. The van der Waals surface area contributed by atoms with Crippen LogP contribution in [0.4, 0.5) is 4.39 Å². The molecule has 2 rings (SSSR count). The maximum absolute atomic E-state index is 13.5. The number of carbonyl (C=O) groups is 1. The average Bonchev–Trinajstić information content (AvgIpc) is 2.67. The third-order valence-electron chi connectivity index (χ3n) is 4.06. The van der Waals surface area contributed by atoms with Gasteiger partial charge in [-0.2, -0.15) is 0 Å². The van der Waals surface area contributed by atoms with E-state index >= 15 is 0 Å². The molecule has 2 bridgehead atoms. The highest BCUT2D eigenvalue weighted by molar-refractivity contribution is 5.75. The van der Waals surface area contributed by atoms with Crippen molar-refractivity contribution in [3.05, 3.63) is 0 Å². The van der Waals surface area contributed by atoms with E-state index in [1.807, 2.05) is 20.8 Å². The first-order chi connectivity index (χ1) is 7.70. The van der Waals surface area contributed by atoms with Crippen LogP contribution in [-0.2, 0) is 9.53 Å². The second kappa shape index (κ2) is 3.94. The number of aliphatic hydroxyl groups is 1. The highest BCUT2D eigenvalue weighted by atomic mass is 19.2. The SMILES string of the molecule is CC(C)(C)C(=O)OCC1CC2CC1CC2(O)F. The smallest absolute Gasteiger partial charge is 0.311 e. The molecule has 3 nitrogen and oxygen atoms in total. The van der Waals surface area contributed by atoms with Crippen LogP contribution in [0.2, 0.25) is 0 Å². The zero-order chi connectivity index (χ0) is 12.8. The molecule has 2 fully saturated rings. The number of hydrogen-bond donors (Lipinski definition) is 1. The molecule has 0 saturated heterocycles. The summed E-state index contributed by atoms with van der Waals surface area (Å²) in [4.78, 5) is 11.6. The number of ether oxygens (including phenoxy) is 1. The standard InChI is InChI=1S/C13H21FO3/c1-12(2,3)11(15)17-7-9-5-10-4-8(9)6-13(10,14)16/h8-10,16H,4-7H2,1-3H3. The van der Waals surface area contributed by atoms with Crippen molar-refractivity contribution >= 4 is 5.97 Å². The Bertz CT molecular complexity index is 319. The van der Waals surface area contributed by atoms with Crippen LogP contribution in [0.25, 0.3) is 0 Å². The predicted octanol–water partition coefficient (Wildman–Crippen LogP) is 2.28. The van der Waals surface area contributed by atoms with Gasteiger partial charge in [-0.1, -0.05) is 0 Å². The van der Waals surface area contributed by atoms with Crippen LogP contribution >= 0.6 is 0 Å². The van der Waals surface area contributed by atoms with Crippen molar-refractivity contribution in [2.75, 3.05) is 6.61 Å². The molecule has 0 aromatic rings. The zero-order valence-electron chi connectivity index (χ0n) is 10.7. The second-order valence-electron chi connectivity index (χ2n) is 6.56. The maximum Gasteiger partial charge on any atom is 0.311 e. The Balaban J connectivity index is 1.83. The van der Waals surface area contributed by atoms with Gasteiger partial charge in [0, 0.05) is 12.3 Å². The lowest BCUT2D eigenvalue weighted by atomic mass is 9.86. The number of alkyl halides is 1. The van der Waals surface area contributed by atoms with E-state index in [9.17, 15) is 14.3 Å². The van der Waals surface area contributed by atoms with E-state index in [1.165, 1.54) is 0 Å². The number of halogens is 1. The Labute approximate surface area is 101 Å². The van der Waals surface area contributed by atoms with Crippen LogP contribution in [0, 0.1) is 23.2 Å². The average molecular weight is 244 g/mol. The first-order valence-electron chi connectivity index (χ1n) is 6.28. The van der Waals surface area contributed by atoms with Crippen molar-refractivity contribution in [2.45, 2.75) is 45.9 Å². The van der Waals surface area contributed by atoms with Crippen LogP contribution in [0.3, 0.4) is 0 Å². The summed E-state index contributed by atoms with van der Waals surface area (Å²) >= 11 is 0. The quantitative estimate of drug-likeness (QED) is 0.758. The van der Waals surface area contributed by atoms with Gasteiger partial charge in [-0.25, -0.2) is 4.39 Å². The van der Waals surface area contributed by atoms with E-state index < -0.39 is 11.3 Å². The first kappa shape index (κ1) is 12.8. The van der Waals surface area contributed by atoms with Gasteiger partial charge in [0.25, 0.3) is 0 Å². The zero-order valence-corrected chi connectivity index (χ0v) is 10.7. The summed E-state index contributed by atoms with van der Waals surface area (Å²) in [5.74, 6) is -2.05. The van der Waals surface area contributed by atoms with Crippen molar-refractivity contribution in [2.24, 2.45) is 23.2 Å². The number of esters is 1. The minimum absolute atomic E-state index is 0.169. The highest BCUT2D eigenvalue weighted by Crippen LogP contribution is 2.54. The van der Waals surface area contributed by atoms with Gasteiger partial charge < -0.3 is 9.84 Å². The summed E-state index contributed by atoms with van der Waals surface area (Å²) in [7, 11) is 0. The van der Waals surface area contributed by atoms with Crippen LogP contribution in [0.15, 0.2) is 0 Å². The molecule has 1 N–H and O–H groups in total. The lowest BCUT2D eigenvalue weighted by Gasteiger charge is -2.29. The van der Waals surface area contributed by atoms with Gasteiger partial charge in [-0.3, -0.25) is 4.79 Å². The molecule has 4 atom stereocenters. The molecule has 17 heavy (non-hydrogen) atoms. The molecule has 2 saturated carbocycles. The van der Waals surface area contributed by atoms with E-state index in [2.05, 4.69) is 0 Å². The van der Waals surface area contributed by atoms with Crippen molar-refractivity contribution in [1.82, 2.24) is 0 Å². The fourth-order valence-electron chi connectivity index (χ4n) is 2.96. The van der Waals surface area contributed by atoms with E-state index in [4.69, 9.17) is 4.74 Å². The summed E-state index contributed by atoms with van der Waals surface area (Å²) in [6.07, 6.45) is 1.56. The molecule has 0 aliphatic heterocycles. The second-order valence-corrected chi connectivity index (χ2v) is 6.56. The Morgan fingerprint density at radius 1 is 1.47 bits per heavy atom. The Hall–Kier alpha value is -0.640. The van der Waals surface area contributed by atoms with Crippen molar-refractivity contribution in [1.29, 1.82) is 0 Å². The fourth-order valence-corrected chi connectivity index (χ4v) is 2.96. The van der Waals surface area contributed by atoms with Crippen molar-refractivity contribution < 1.29 is 19.0 Å². The summed E-state index contributed by atoms with van der Waals surface area (Å²) in [6.45, 7) is 5.82. The molecular weight excluding hydrogens is 223 g/mol. The van der Waals surface area contributed by atoms with Gasteiger partial charge in [-0.15, -0.1) is 0 Å². The third kappa shape index (κ3) is 2.46. The molecule has 2 aliphatic carbocycles. The van der Waals surface area contributed by atoms with Gasteiger partial charge >= 0.3 is 5.97 Å². The third-order valence-corrected chi connectivity index (χ3v) is 4.06. The molecule has 98 valence electrons. The summed E-state index contributed by atoms with van der Waals surface area (Å²) in [5.41, 5.74) is -0.488. The first-order valence-corrected chi connectivity index (χ1v) is 6.28. The van der Waals surface area contributed by atoms with Crippen LogP contribution in [-0.4, -0.2) is 23.5 Å². The molecule has 0 heterocycles. The van der Waals surface area contributed by atoms with Gasteiger partial charge in [0.2, 0.25) is 5.85 Å². The lowest BCUT2D eigenvalue weighted by Crippen LogP contribution is -2.34. The molecule has 2 aliphatic rings. The molecule has 4 heteroatoms. The molecular formula is C13H21FO3. The van der Waals surface area contributed by atoms with Gasteiger partial charge in [0.05, 0.1) is 12.0 Å². The molecule has 4 unspecified atom stereocenters. The topological polar surface area (TPSA) is 46.5 Å². The monoisotopic (exact) mass is 244 g/mol. The predicted molar refractivity (Wildman–Crippen MR) is 60.8 cm³/mol. The Morgan fingerprint density at radius 3 is 2.53 bits per heavy atom. The van der Waals surface area contributed by atoms with Gasteiger partial charge in [0.15, 0.2) is 0 Å². The minimum Gasteiger partial charge on any atom is -0.465 e. The number of carbonyl (C=O) groups excluding carboxylic acids is 1. The number of fused-ring (bicyclic) bond motifs is 2. The molecule has 0 aromatic heterocycles. The van der Waals surface area contributed by atoms with E-state index in [1.54, 1.807) is 0 Å². The maximum atomic E-state index is 13.5. The summed E-state index contributed by atoms with van der Waals surface area (Å²) in [5, 5.41) is 9.43. The normalized spacial score (nSPS) is 40.6. The largest absolute Gasteiger partial charge is 0.465 e. The highest BCUT2D eigenvalue weighted by Gasteiger charge is 2.55. The Morgan fingerprint density at radius 2 is 2.12 bits per heavy atom. The summed E-state index contributed by atoms with van der Waals surface area (Å²) in [6, 6.07) is 0.